The van der Waals surface area contributed by atoms with Gasteiger partial charge in [-0.25, -0.2) is 13.8 Å². The lowest BCUT2D eigenvalue weighted by molar-refractivity contribution is -0.113. The number of thioether (sulfide) groups is 1. The topological polar surface area (TPSA) is 76.4 Å². The van der Waals surface area contributed by atoms with E-state index < -0.39 is 17.5 Å². The number of hydrogen-bond acceptors (Lipinski definition) is 6. The maximum absolute atomic E-state index is 13.5. The summed E-state index contributed by atoms with van der Waals surface area (Å²) in [6.07, 6.45) is 0.720. The minimum absolute atomic E-state index is 0.0424. The molecule has 0 radical (unpaired) electrons. The fourth-order valence-electron chi connectivity index (χ4n) is 2.14. The van der Waals surface area contributed by atoms with Crippen LogP contribution in [0.3, 0.4) is 0 Å². The van der Waals surface area contributed by atoms with Crippen molar-refractivity contribution in [3.63, 3.8) is 0 Å². The molecule has 0 aliphatic rings. The molecule has 0 bridgehead atoms. The van der Waals surface area contributed by atoms with Crippen LogP contribution in [0, 0.1) is 11.6 Å². The van der Waals surface area contributed by atoms with E-state index in [1.807, 2.05) is 6.92 Å². The summed E-state index contributed by atoms with van der Waals surface area (Å²) >= 11 is 2.59. The SMILES string of the molecule is CCc1nn2c(=O)cc(CSCC(=O)Nc3ccc(F)cc3F)nc2s1. The highest BCUT2D eigenvalue weighted by molar-refractivity contribution is 7.99. The number of benzene rings is 1. The second kappa shape index (κ2) is 7.92. The lowest BCUT2D eigenvalue weighted by atomic mass is 10.3. The molecule has 0 spiro atoms. The number of rotatable bonds is 6. The average Bonchev–Trinajstić information content (AvgIpc) is 3.01. The quantitative estimate of drug-likeness (QED) is 0.693. The summed E-state index contributed by atoms with van der Waals surface area (Å²) in [7, 11) is 0. The molecular weight excluding hydrogens is 382 g/mol. The van der Waals surface area contributed by atoms with Gasteiger partial charge in [-0.1, -0.05) is 18.3 Å². The van der Waals surface area contributed by atoms with Crippen molar-refractivity contribution in [2.75, 3.05) is 11.1 Å². The first-order valence-electron chi connectivity index (χ1n) is 7.67. The van der Waals surface area contributed by atoms with Crippen LogP contribution < -0.4 is 10.9 Å². The Bertz CT molecular complexity index is 1020. The van der Waals surface area contributed by atoms with Crippen LogP contribution in [0.5, 0.6) is 0 Å². The van der Waals surface area contributed by atoms with Crippen LogP contribution in [-0.2, 0) is 17.0 Å². The first-order chi connectivity index (χ1) is 12.5. The fraction of sp³-hybridized carbons (Fsp3) is 0.250. The fourth-order valence-corrected chi connectivity index (χ4v) is 3.71. The Kier molecular flexibility index (Phi) is 5.62. The number of hydrogen-bond donors (Lipinski definition) is 1. The highest BCUT2D eigenvalue weighted by Crippen LogP contribution is 2.17. The summed E-state index contributed by atoms with van der Waals surface area (Å²) in [5.41, 5.74) is 0.206. The lowest BCUT2D eigenvalue weighted by Crippen LogP contribution is -2.17. The molecule has 0 saturated carbocycles. The Hall–Kier alpha value is -2.33. The number of aromatic nitrogens is 3. The molecule has 0 saturated heterocycles. The molecule has 0 fully saturated rings. The van der Waals surface area contributed by atoms with Crippen LogP contribution >= 0.6 is 23.1 Å². The van der Waals surface area contributed by atoms with Gasteiger partial charge in [0, 0.05) is 17.9 Å². The van der Waals surface area contributed by atoms with Crippen LogP contribution in [0.2, 0.25) is 0 Å². The molecule has 0 unspecified atom stereocenters. The van der Waals surface area contributed by atoms with E-state index in [4.69, 9.17) is 0 Å². The van der Waals surface area contributed by atoms with E-state index in [0.717, 1.165) is 17.5 Å². The summed E-state index contributed by atoms with van der Waals surface area (Å²) in [5.74, 6) is -1.58. The summed E-state index contributed by atoms with van der Waals surface area (Å²) in [5, 5.41) is 7.37. The number of carbonyl (C=O) groups excluding carboxylic acids is 1. The third-order valence-electron chi connectivity index (χ3n) is 3.33. The monoisotopic (exact) mass is 396 g/mol. The Morgan fingerprint density at radius 3 is 2.88 bits per heavy atom. The number of halogens is 2. The van der Waals surface area contributed by atoms with Crippen molar-refractivity contribution in [1.29, 1.82) is 0 Å². The highest BCUT2D eigenvalue weighted by atomic mass is 32.2. The smallest absolute Gasteiger partial charge is 0.275 e. The van der Waals surface area contributed by atoms with Crippen molar-refractivity contribution in [3.05, 3.63) is 57.0 Å². The molecule has 10 heteroatoms. The van der Waals surface area contributed by atoms with Crippen LogP contribution in [0.1, 0.15) is 17.6 Å². The van der Waals surface area contributed by atoms with Crippen LogP contribution in [-0.4, -0.2) is 26.3 Å². The molecule has 1 N–H and O–H groups in total. The second-order valence-corrected chi connectivity index (χ2v) is 7.32. The molecule has 1 aromatic carbocycles. The number of carbonyl (C=O) groups is 1. The summed E-state index contributed by atoms with van der Waals surface area (Å²) in [6.45, 7) is 1.95. The average molecular weight is 396 g/mol. The van der Waals surface area contributed by atoms with Gasteiger partial charge >= 0.3 is 0 Å². The van der Waals surface area contributed by atoms with E-state index in [9.17, 15) is 18.4 Å². The molecule has 0 aliphatic heterocycles. The molecule has 0 atom stereocenters. The number of aryl methyl sites for hydroxylation is 1. The molecule has 0 aliphatic carbocycles. The molecule has 3 aromatic rings. The van der Waals surface area contributed by atoms with Gasteiger partial charge in [0.1, 0.15) is 16.6 Å². The summed E-state index contributed by atoms with van der Waals surface area (Å²) < 4.78 is 27.6. The minimum Gasteiger partial charge on any atom is -0.323 e. The van der Waals surface area contributed by atoms with Crippen LogP contribution in [0.25, 0.3) is 4.96 Å². The van der Waals surface area contributed by atoms with Crippen LogP contribution in [0.4, 0.5) is 14.5 Å². The minimum atomic E-state index is -0.833. The lowest BCUT2D eigenvalue weighted by Gasteiger charge is -2.06. The van der Waals surface area contributed by atoms with Crippen molar-refractivity contribution in [2.45, 2.75) is 19.1 Å². The predicted octanol–water partition coefficient (Wildman–Crippen LogP) is 2.86. The number of amides is 1. The van der Waals surface area contributed by atoms with Crippen molar-refractivity contribution in [3.8, 4) is 0 Å². The molecule has 2 aromatic heterocycles. The van der Waals surface area contributed by atoms with Crippen molar-refractivity contribution in [1.82, 2.24) is 14.6 Å². The molecule has 26 heavy (non-hydrogen) atoms. The Morgan fingerprint density at radius 1 is 1.35 bits per heavy atom. The van der Waals surface area contributed by atoms with Crippen molar-refractivity contribution < 1.29 is 13.6 Å². The molecule has 2 heterocycles. The van der Waals surface area contributed by atoms with E-state index in [1.54, 1.807) is 0 Å². The van der Waals surface area contributed by atoms with E-state index in [-0.39, 0.29) is 17.0 Å². The Labute approximate surface area is 155 Å². The number of nitrogens with one attached hydrogen (secondary N) is 1. The number of nitrogens with zero attached hydrogens (tertiary/aromatic N) is 3. The van der Waals surface area contributed by atoms with Gasteiger partial charge in [0.15, 0.2) is 0 Å². The van der Waals surface area contributed by atoms with E-state index in [0.29, 0.717) is 22.5 Å². The van der Waals surface area contributed by atoms with Gasteiger partial charge in [0.25, 0.3) is 5.56 Å². The first kappa shape index (κ1) is 18.5. The van der Waals surface area contributed by atoms with E-state index in [2.05, 4.69) is 15.4 Å². The normalized spacial score (nSPS) is 11.0. The molecule has 1 amide bonds. The molecule has 3 rings (SSSR count). The maximum Gasteiger partial charge on any atom is 0.275 e. The predicted molar refractivity (Wildman–Crippen MR) is 97.7 cm³/mol. The van der Waals surface area contributed by atoms with Gasteiger partial charge in [-0.2, -0.15) is 9.61 Å². The third kappa shape index (κ3) is 4.25. The Balaban J connectivity index is 1.59. The standard InChI is InChI=1S/C16H14F2N4O2S2/c1-2-14-21-22-15(24)6-10(19-16(22)26-14)7-25-8-13(23)20-12-4-3-9(17)5-11(12)18/h3-6H,2,7-8H2,1H3,(H,20,23). The summed E-state index contributed by atoms with van der Waals surface area (Å²) in [4.78, 5) is 28.8. The Morgan fingerprint density at radius 2 is 2.15 bits per heavy atom. The first-order valence-corrected chi connectivity index (χ1v) is 9.64. The zero-order valence-electron chi connectivity index (χ0n) is 13.7. The van der Waals surface area contributed by atoms with Gasteiger partial charge in [0.2, 0.25) is 10.9 Å². The van der Waals surface area contributed by atoms with Crippen LogP contribution in [0.15, 0.2) is 29.1 Å². The van der Waals surface area contributed by atoms with Gasteiger partial charge in [-0.05, 0) is 18.6 Å². The van der Waals surface area contributed by atoms with Gasteiger partial charge < -0.3 is 5.32 Å². The van der Waals surface area contributed by atoms with Crippen molar-refractivity contribution >= 4 is 39.7 Å². The third-order valence-corrected chi connectivity index (χ3v) is 5.35. The highest BCUT2D eigenvalue weighted by Gasteiger charge is 2.11. The molecule has 136 valence electrons. The van der Waals surface area contributed by atoms with E-state index >= 15 is 0 Å². The number of anilines is 1. The van der Waals surface area contributed by atoms with E-state index in [1.165, 1.54) is 39.7 Å². The maximum atomic E-state index is 13.5. The van der Waals surface area contributed by atoms with Gasteiger partial charge in [-0.3, -0.25) is 9.59 Å². The summed E-state index contributed by atoms with van der Waals surface area (Å²) in [6, 6.07) is 4.32. The van der Waals surface area contributed by atoms with Gasteiger partial charge in [-0.15, -0.1) is 11.8 Å². The molecule has 6 nitrogen and oxygen atoms in total. The molecular formula is C16H14F2N4O2S2. The van der Waals surface area contributed by atoms with Gasteiger partial charge in [0.05, 0.1) is 17.1 Å². The zero-order chi connectivity index (χ0) is 18.7. The largest absolute Gasteiger partial charge is 0.323 e. The number of fused-ring (bicyclic) bond motifs is 1. The zero-order valence-corrected chi connectivity index (χ0v) is 15.3. The van der Waals surface area contributed by atoms with Crippen molar-refractivity contribution in [2.24, 2.45) is 0 Å². The second-order valence-electron chi connectivity index (χ2n) is 5.29.